The Morgan fingerprint density at radius 1 is 1.06 bits per heavy atom. The highest BCUT2D eigenvalue weighted by Gasteiger charge is 2.45. The zero-order valence-corrected chi connectivity index (χ0v) is 22.6. The lowest BCUT2D eigenvalue weighted by atomic mass is 9.91. The van der Waals surface area contributed by atoms with Crippen LogP contribution in [0.3, 0.4) is 0 Å². The molecule has 0 aliphatic heterocycles. The number of carbonyl (C=O) groups is 3. The highest BCUT2D eigenvalue weighted by atomic mass is 32.1. The Kier molecular flexibility index (Phi) is 9.13. The molecule has 3 amide bonds. The molecule has 0 heterocycles. The van der Waals surface area contributed by atoms with Crippen molar-refractivity contribution in [1.29, 1.82) is 0 Å². The second kappa shape index (κ2) is 11.7. The topological polar surface area (TPSA) is 87.7 Å². The van der Waals surface area contributed by atoms with Gasteiger partial charge in [-0.15, -0.1) is 0 Å². The van der Waals surface area contributed by atoms with Crippen molar-refractivity contribution in [3.63, 3.8) is 0 Å². The summed E-state index contributed by atoms with van der Waals surface area (Å²) in [5.41, 5.74) is 2.10. The molecule has 0 aromatic heterocycles. The number of thiol groups is 1. The number of nitrogens with zero attached hydrogens (tertiary/aromatic N) is 1. The normalized spacial score (nSPS) is 18.3. The van der Waals surface area contributed by atoms with E-state index >= 15 is 0 Å². The fraction of sp³-hybridized carbons (Fsp3) is 0.667. The van der Waals surface area contributed by atoms with Crippen LogP contribution < -0.4 is 10.6 Å². The van der Waals surface area contributed by atoms with Gasteiger partial charge in [0.1, 0.15) is 17.7 Å². The number of hydrogen-bond acceptors (Lipinski definition) is 5. The van der Waals surface area contributed by atoms with Crippen molar-refractivity contribution in [2.75, 3.05) is 5.75 Å². The summed E-state index contributed by atoms with van der Waals surface area (Å²) in [6, 6.07) is 4.34. The first-order valence-electron chi connectivity index (χ1n) is 12.8. The Bertz CT molecular complexity index is 899. The highest BCUT2D eigenvalue weighted by molar-refractivity contribution is 7.80. The number of aryl methyl sites for hydroxylation is 2. The molecule has 2 aliphatic rings. The summed E-state index contributed by atoms with van der Waals surface area (Å²) in [5, 5.41) is 5.94. The minimum Gasteiger partial charge on any atom is -0.444 e. The van der Waals surface area contributed by atoms with Crippen LogP contribution in [0, 0.1) is 13.8 Å². The molecule has 0 saturated heterocycles. The third kappa shape index (κ3) is 7.38. The molecule has 1 aromatic rings. The summed E-state index contributed by atoms with van der Waals surface area (Å²) < 4.78 is 5.37. The molecular weight excluding hydrogens is 462 g/mol. The number of hydrogen-bond donors (Lipinski definition) is 3. The number of amides is 3. The lowest BCUT2D eigenvalue weighted by Crippen LogP contribution is -2.55. The van der Waals surface area contributed by atoms with Gasteiger partial charge < -0.3 is 20.3 Å². The maximum atomic E-state index is 13.9. The van der Waals surface area contributed by atoms with E-state index in [1.54, 1.807) is 25.7 Å². The number of benzene rings is 1. The zero-order chi connectivity index (χ0) is 25.8. The summed E-state index contributed by atoms with van der Waals surface area (Å²) in [6.07, 6.45) is 6.31. The van der Waals surface area contributed by atoms with Crippen molar-refractivity contribution in [2.45, 2.75) is 109 Å². The first kappa shape index (κ1) is 27.4. The Hall–Kier alpha value is -2.22. The Morgan fingerprint density at radius 2 is 1.66 bits per heavy atom. The molecule has 1 aromatic carbocycles. The van der Waals surface area contributed by atoms with Gasteiger partial charge in [0.2, 0.25) is 11.8 Å². The van der Waals surface area contributed by atoms with E-state index in [-0.39, 0.29) is 29.7 Å². The molecule has 2 fully saturated rings. The predicted octanol–water partition coefficient (Wildman–Crippen LogP) is 4.61. The van der Waals surface area contributed by atoms with E-state index in [9.17, 15) is 14.4 Å². The standard InChI is InChI=1S/C27H41N3O4S/c1-17-10-9-11-18(2)22(17)23(24(31)28-19-12-7-6-8-13-19)30(20-14-15-20)25(32)21(16-35)29-26(33)34-27(3,4)5/h9-11,19-21,23,35H,6-8,12-16H2,1-5H3,(H,28,31)(H,29,33). The summed E-state index contributed by atoms with van der Waals surface area (Å²) in [7, 11) is 0. The maximum Gasteiger partial charge on any atom is 0.408 e. The van der Waals surface area contributed by atoms with Crippen LogP contribution in [0.5, 0.6) is 0 Å². The van der Waals surface area contributed by atoms with Gasteiger partial charge in [0.05, 0.1) is 0 Å². The van der Waals surface area contributed by atoms with E-state index in [4.69, 9.17) is 4.74 Å². The van der Waals surface area contributed by atoms with E-state index in [2.05, 4.69) is 23.3 Å². The summed E-state index contributed by atoms with van der Waals surface area (Å²) in [5.74, 6) is -0.352. The monoisotopic (exact) mass is 503 g/mol. The maximum absolute atomic E-state index is 13.9. The lowest BCUT2D eigenvalue weighted by Gasteiger charge is -2.36. The van der Waals surface area contributed by atoms with Gasteiger partial charge in [-0.05, 0) is 77.0 Å². The van der Waals surface area contributed by atoms with E-state index in [0.29, 0.717) is 0 Å². The van der Waals surface area contributed by atoms with E-state index in [0.717, 1.165) is 55.2 Å². The molecule has 2 atom stereocenters. The van der Waals surface area contributed by atoms with Gasteiger partial charge in [-0.2, -0.15) is 12.6 Å². The second-order valence-corrected chi connectivity index (χ2v) is 11.3. The predicted molar refractivity (Wildman–Crippen MR) is 141 cm³/mol. The largest absolute Gasteiger partial charge is 0.444 e. The van der Waals surface area contributed by atoms with Crippen LogP contribution in [0.15, 0.2) is 18.2 Å². The Labute approximate surface area is 215 Å². The van der Waals surface area contributed by atoms with Gasteiger partial charge in [0.25, 0.3) is 0 Å². The molecule has 2 aliphatic carbocycles. The number of nitrogens with one attached hydrogen (secondary N) is 2. The fourth-order valence-electron chi connectivity index (χ4n) is 4.87. The van der Waals surface area contributed by atoms with Crippen LogP contribution in [0.4, 0.5) is 4.79 Å². The number of rotatable bonds is 8. The quantitative estimate of drug-likeness (QED) is 0.452. The zero-order valence-electron chi connectivity index (χ0n) is 21.7. The van der Waals surface area contributed by atoms with Crippen LogP contribution in [0.25, 0.3) is 0 Å². The number of ether oxygens (including phenoxy) is 1. The molecule has 0 radical (unpaired) electrons. The SMILES string of the molecule is Cc1cccc(C)c1C(C(=O)NC1CCCCC1)N(C(=O)C(CS)NC(=O)OC(C)(C)C)C1CC1. The summed E-state index contributed by atoms with van der Waals surface area (Å²) in [6.45, 7) is 9.27. The van der Waals surface area contributed by atoms with Crippen molar-refractivity contribution in [3.8, 4) is 0 Å². The van der Waals surface area contributed by atoms with E-state index < -0.39 is 23.8 Å². The van der Waals surface area contributed by atoms with Gasteiger partial charge >= 0.3 is 6.09 Å². The molecule has 2 N–H and O–H groups in total. The van der Waals surface area contributed by atoms with Gasteiger partial charge in [-0.1, -0.05) is 37.5 Å². The minimum absolute atomic E-state index is 0.0496. The molecule has 7 nitrogen and oxygen atoms in total. The van der Waals surface area contributed by atoms with E-state index in [1.165, 1.54) is 6.42 Å². The lowest BCUT2D eigenvalue weighted by molar-refractivity contribution is -0.143. The Morgan fingerprint density at radius 3 is 2.17 bits per heavy atom. The van der Waals surface area contributed by atoms with Crippen LogP contribution in [-0.2, 0) is 14.3 Å². The minimum atomic E-state index is -0.900. The third-order valence-electron chi connectivity index (χ3n) is 6.66. The fourth-order valence-corrected chi connectivity index (χ4v) is 5.12. The molecule has 194 valence electrons. The second-order valence-electron chi connectivity index (χ2n) is 10.9. The molecule has 0 spiro atoms. The Balaban J connectivity index is 1.94. The molecule has 2 saturated carbocycles. The van der Waals surface area contributed by atoms with Crippen LogP contribution in [-0.4, -0.2) is 52.3 Å². The van der Waals surface area contributed by atoms with Crippen LogP contribution in [0.1, 0.15) is 88.4 Å². The molecule has 35 heavy (non-hydrogen) atoms. The third-order valence-corrected chi connectivity index (χ3v) is 7.03. The van der Waals surface area contributed by atoms with Gasteiger partial charge in [-0.25, -0.2) is 4.79 Å². The number of carbonyl (C=O) groups excluding carboxylic acids is 3. The average Bonchev–Trinajstić information content (AvgIpc) is 3.61. The smallest absolute Gasteiger partial charge is 0.408 e. The molecule has 0 bridgehead atoms. The molecule has 2 unspecified atom stereocenters. The summed E-state index contributed by atoms with van der Waals surface area (Å²) >= 11 is 4.36. The first-order chi connectivity index (χ1) is 16.5. The van der Waals surface area contributed by atoms with Gasteiger partial charge in [-0.3, -0.25) is 9.59 Å². The summed E-state index contributed by atoms with van der Waals surface area (Å²) in [4.78, 5) is 42.0. The molecule has 3 rings (SSSR count). The van der Waals surface area contributed by atoms with Crippen molar-refractivity contribution in [1.82, 2.24) is 15.5 Å². The molecule has 8 heteroatoms. The molecular formula is C27H41N3O4S. The van der Waals surface area contributed by atoms with Gasteiger partial charge in [0, 0.05) is 17.8 Å². The van der Waals surface area contributed by atoms with E-state index in [1.807, 2.05) is 32.0 Å². The van der Waals surface area contributed by atoms with Crippen molar-refractivity contribution >= 4 is 30.5 Å². The highest BCUT2D eigenvalue weighted by Crippen LogP contribution is 2.38. The van der Waals surface area contributed by atoms with Crippen LogP contribution >= 0.6 is 12.6 Å². The van der Waals surface area contributed by atoms with Gasteiger partial charge in [0.15, 0.2) is 0 Å². The average molecular weight is 504 g/mol. The van der Waals surface area contributed by atoms with Crippen LogP contribution in [0.2, 0.25) is 0 Å². The number of alkyl carbamates (subject to hydrolysis) is 1. The van der Waals surface area contributed by atoms with Crippen molar-refractivity contribution in [3.05, 3.63) is 34.9 Å². The van der Waals surface area contributed by atoms with Crippen molar-refractivity contribution in [2.24, 2.45) is 0 Å². The first-order valence-corrected chi connectivity index (χ1v) is 13.4. The van der Waals surface area contributed by atoms with Crippen molar-refractivity contribution < 1.29 is 19.1 Å².